The molecule has 0 fully saturated rings. The molecule has 4 rings (SSSR count). The van der Waals surface area contributed by atoms with Crippen molar-refractivity contribution in [2.45, 2.75) is 45.6 Å². The summed E-state index contributed by atoms with van der Waals surface area (Å²) in [6.45, 7) is 4.58. The second-order valence-electron chi connectivity index (χ2n) is 8.53. The molecule has 0 bridgehead atoms. The Morgan fingerprint density at radius 3 is 2.50 bits per heavy atom. The van der Waals surface area contributed by atoms with E-state index in [2.05, 4.69) is 17.1 Å². The molecule has 0 saturated carbocycles. The van der Waals surface area contributed by atoms with Crippen LogP contribution < -0.4 is 9.64 Å². The number of aromatic nitrogens is 2. The molecule has 0 saturated heterocycles. The molecule has 1 aliphatic rings. The highest BCUT2D eigenvalue weighted by Crippen LogP contribution is 2.42. The molecule has 1 aliphatic heterocycles. The number of unbranched alkanes of at least 4 members (excludes halogenated alkanes) is 3. The summed E-state index contributed by atoms with van der Waals surface area (Å²) in [7, 11) is 0. The van der Waals surface area contributed by atoms with E-state index in [0.717, 1.165) is 18.4 Å². The van der Waals surface area contributed by atoms with Crippen LogP contribution in [-0.2, 0) is 9.59 Å². The van der Waals surface area contributed by atoms with E-state index in [9.17, 15) is 14.7 Å². The van der Waals surface area contributed by atoms with Gasteiger partial charge in [0.15, 0.2) is 11.5 Å². The van der Waals surface area contributed by atoms with Crippen LogP contribution in [0.25, 0.3) is 6.08 Å². The van der Waals surface area contributed by atoms with Crippen molar-refractivity contribution in [3.8, 4) is 5.75 Å². The normalized spacial score (nSPS) is 15.8. The molecule has 2 aromatic carbocycles. The van der Waals surface area contributed by atoms with Crippen molar-refractivity contribution in [3.05, 3.63) is 88.1 Å². The van der Waals surface area contributed by atoms with E-state index in [-0.39, 0.29) is 5.57 Å². The molecular weight excluding hydrogens is 474 g/mol. The summed E-state index contributed by atoms with van der Waals surface area (Å²) < 4.78 is 5.85. The van der Waals surface area contributed by atoms with Crippen LogP contribution in [0.3, 0.4) is 0 Å². The topological polar surface area (TPSA) is 92.6 Å². The van der Waals surface area contributed by atoms with Gasteiger partial charge in [-0.1, -0.05) is 86.1 Å². The third kappa shape index (κ3) is 5.71. The number of aliphatic hydroxyl groups excluding tert-OH is 1. The minimum Gasteiger partial charge on any atom is -0.503 e. The van der Waals surface area contributed by atoms with Crippen molar-refractivity contribution in [1.82, 2.24) is 10.2 Å². The number of amides is 1. The average Bonchev–Trinajstić information content (AvgIpc) is 3.43. The lowest BCUT2D eigenvalue weighted by Gasteiger charge is -2.24. The SMILES string of the molecule is CCCCCCOc1ccc(C2C(C(=O)C=Cc3ccccc3)=C(O)C(=O)N2c2nnc(C)s2)cc1. The van der Waals surface area contributed by atoms with E-state index < -0.39 is 23.5 Å². The molecule has 1 aromatic heterocycles. The summed E-state index contributed by atoms with van der Waals surface area (Å²) in [5, 5.41) is 19.9. The maximum atomic E-state index is 13.3. The van der Waals surface area contributed by atoms with Gasteiger partial charge in [-0.25, -0.2) is 0 Å². The Kier molecular flexibility index (Phi) is 8.28. The first-order valence-electron chi connectivity index (χ1n) is 12.1. The Hall–Kier alpha value is -3.78. The standard InChI is InChI=1S/C28H29N3O4S/c1-3-4-5-9-18-35-22-15-13-21(14-16-22)25-24(23(32)17-12-20-10-7-6-8-11-20)26(33)27(34)31(25)28-30-29-19(2)36-28/h6-8,10-17,25,33H,3-5,9,18H2,1-2H3. The molecule has 1 unspecified atom stereocenters. The largest absolute Gasteiger partial charge is 0.503 e. The van der Waals surface area contributed by atoms with E-state index in [1.54, 1.807) is 13.0 Å². The number of hydrogen-bond acceptors (Lipinski definition) is 7. The van der Waals surface area contributed by atoms with Crippen LogP contribution in [0, 0.1) is 6.92 Å². The predicted molar refractivity (Wildman–Crippen MR) is 141 cm³/mol. The number of nitrogens with zero attached hydrogens (tertiary/aromatic N) is 3. The van der Waals surface area contributed by atoms with Crippen molar-refractivity contribution in [3.63, 3.8) is 0 Å². The number of aryl methyl sites for hydroxylation is 1. The lowest BCUT2D eigenvalue weighted by Crippen LogP contribution is -2.30. The molecule has 1 amide bonds. The fourth-order valence-corrected chi connectivity index (χ4v) is 4.76. The number of hydrogen-bond donors (Lipinski definition) is 1. The van der Waals surface area contributed by atoms with Crippen molar-refractivity contribution in [2.75, 3.05) is 11.5 Å². The van der Waals surface area contributed by atoms with Crippen LogP contribution in [-0.4, -0.2) is 33.6 Å². The molecule has 3 aromatic rings. The number of ether oxygens (including phenoxy) is 1. The van der Waals surface area contributed by atoms with E-state index >= 15 is 0 Å². The fraction of sp³-hybridized carbons (Fsp3) is 0.286. The zero-order valence-corrected chi connectivity index (χ0v) is 21.2. The number of ketones is 1. The monoisotopic (exact) mass is 503 g/mol. The number of aliphatic hydroxyl groups is 1. The van der Waals surface area contributed by atoms with E-state index in [0.29, 0.717) is 28.1 Å². The molecule has 1 atom stereocenters. The molecule has 7 nitrogen and oxygen atoms in total. The molecule has 0 aliphatic carbocycles. The summed E-state index contributed by atoms with van der Waals surface area (Å²) >= 11 is 1.22. The van der Waals surface area contributed by atoms with Crippen LogP contribution in [0.5, 0.6) is 5.75 Å². The highest BCUT2D eigenvalue weighted by molar-refractivity contribution is 7.15. The second kappa shape index (κ2) is 11.8. The molecule has 2 heterocycles. The lowest BCUT2D eigenvalue weighted by atomic mass is 9.95. The van der Waals surface area contributed by atoms with E-state index in [1.807, 2.05) is 54.6 Å². The van der Waals surface area contributed by atoms with Gasteiger partial charge in [0, 0.05) is 0 Å². The van der Waals surface area contributed by atoms with Crippen LogP contribution in [0.2, 0.25) is 0 Å². The lowest BCUT2D eigenvalue weighted by molar-refractivity contribution is -0.117. The minimum atomic E-state index is -0.837. The Balaban J connectivity index is 1.62. The Labute approximate surface area is 214 Å². The van der Waals surface area contributed by atoms with Crippen LogP contribution in [0.15, 0.2) is 72.0 Å². The van der Waals surface area contributed by atoms with Gasteiger partial charge < -0.3 is 9.84 Å². The summed E-state index contributed by atoms with van der Waals surface area (Å²) in [6, 6.07) is 15.8. The zero-order valence-electron chi connectivity index (χ0n) is 20.4. The quantitative estimate of drug-likeness (QED) is 0.255. The summed E-state index contributed by atoms with van der Waals surface area (Å²) in [6.07, 6.45) is 7.51. The molecule has 1 N–H and O–H groups in total. The maximum Gasteiger partial charge on any atom is 0.296 e. The fourth-order valence-electron chi connectivity index (χ4n) is 4.04. The molecule has 8 heteroatoms. The van der Waals surface area contributed by atoms with Gasteiger partial charge in [-0.15, -0.1) is 10.2 Å². The number of carbonyl (C=O) groups excluding carboxylic acids is 2. The Bertz CT molecular complexity index is 1270. The third-order valence-electron chi connectivity index (χ3n) is 5.88. The van der Waals surface area contributed by atoms with Crippen molar-refractivity contribution < 1.29 is 19.4 Å². The van der Waals surface area contributed by atoms with Gasteiger partial charge in [0.2, 0.25) is 5.13 Å². The summed E-state index contributed by atoms with van der Waals surface area (Å²) in [4.78, 5) is 27.8. The van der Waals surface area contributed by atoms with Gasteiger partial charge in [-0.05, 0) is 42.7 Å². The molecule has 36 heavy (non-hydrogen) atoms. The van der Waals surface area contributed by atoms with Crippen LogP contribution in [0.4, 0.5) is 5.13 Å². The van der Waals surface area contributed by atoms with Crippen molar-refractivity contribution in [1.29, 1.82) is 0 Å². The Morgan fingerprint density at radius 1 is 1.08 bits per heavy atom. The Morgan fingerprint density at radius 2 is 1.83 bits per heavy atom. The summed E-state index contributed by atoms with van der Waals surface area (Å²) in [5.74, 6) is -0.992. The maximum absolute atomic E-state index is 13.3. The first-order chi connectivity index (χ1) is 17.5. The second-order valence-corrected chi connectivity index (χ2v) is 9.69. The molecule has 0 spiro atoms. The number of anilines is 1. The van der Waals surface area contributed by atoms with Gasteiger partial charge in [-0.3, -0.25) is 14.5 Å². The van der Waals surface area contributed by atoms with E-state index in [4.69, 9.17) is 4.74 Å². The molecule has 186 valence electrons. The van der Waals surface area contributed by atoms with Crippen LogP contribution >= 0.6 is 11.3 Å². The first kappa shape index (κ1) is 25.3. The average molecular weight is 504 g/mol. The molecule has 0 radical (unpaired) electrons. The third-order valence-corrected chi connectivity index (χ3v) is 6.72. The highest BCUT2D eigenvalue weighted by atomic mass is 32.1. The van der Waals surface area contributed by atoms with Crippen molar-refractivity contribution in [2.24, 2.45) is 0 Å². The minimum absolute atomic E-state index is 0.00766. The number of rotatable bonds is 11. The van der Waals surface area contributed by atoms with E-state index in [1.165, 1.54) is 35.2 Å². The highest BCUT2D eigenvalue weighted by Gasteiger charge is 2.45. The first-order valence-corrected chi connectivity index (χ1v) is 12.9. The predicted octanol–water partition coefficient (Wildman–Crippen LogP) is 5.99. The summed E-state index contributed by atoms with van der Waals surface area (Å²) in [5.41, 5.74) is 1.51. The van der Waals surface area contributed by atoms with Gasteiger partial charge in [0.1, 0.15) is 10.8 Å². The number of benzene rings is 2. The smallest absolute Gasteiger partial charge is 0.296 e. The van der Waals surface area contributed by atoms with Crippen LogP contribution in [0.1, 0.15) is 54.8 Å². The van der Waals surface area contributed by atoms with Gasteiger partial charge >= 0.3 is 0 Å². The zero-order chi connectivity index (χ0) is 25.5. The number of allylic oxidation sites excluding steroid dienone is 1. The van der Waals surface area contributed by atoms with Gasteiger partial charge in [0.25, 0.3) is 5.91 Å². The van der Waals surface area contributed by atoms with Gasteiger partial charge in [0.05, 0.1) is 18.2 Å². The van der Waals surface area contributed by atoms with Gasteiger partial charge in [-0.2, -0.15) is 0 Å². The molecular formula is C28H29N3O4S. The van der Waals surface area contributed by atoms with Crippen molar-refractivity contribution >= 4 is 34.2 Å². The number of carbonyl (C=O) groups is 2.